The molecule has 3 rings (SSSR count). The summed E-state index contributed by atoms with van der Waals surface area (Å²) in [5.41, 5.74) is 1.36. The number of rotatable bonds is 3. The average Bonchev–Trinajstić information content (AvgIpc) is 2.92. The molecule has 1 aliphatic heterocycles. The second kappa shape index (κ2) is 4.74. The summed E-state index contributed by atoms with van der Waals surface area (Å²) in [6.07, 6.45) is 7.97. The van der Waals surface area contributed by atoms with Crippen molar-refractivity contribution >= 4 is 5.71 Å². The molecule has 3 unspecified atom stereocenters. The van der Waals surface area contributed by atoms with Crippen molar-refractivity contribution in [3.8, 4) is 0 Å². The van der Waals surface area contributed by atoms with Crippen LogP contribution in [0.25, 0.3) is 0 Å². The molecule has 3 atom stereocenters. The molecule has 2 bridgehead atoms. The lowest BCUT2D eigenvalue weighted by atomic mass is 9.99. The van der Waals surface area contributed by atoms with Gasteiger partial charge in [-0.25, -0.2) is 0 Å². The molecule has 2 aliphatic carbocycles. The first-order valence-electron chi connectivity index (χ1n) is 6.81. The maximum absolute atomic E-state index is 5.56. The van der Waals surface area contributed by atoms with Crippen LogP contribution < -0.4 is 5.32 Å². The molecule has 0 aromatic carbocycles. The van der Waals surface area contributed by atoms with Crippen LogP contribution in [-0.4, -0.2) is 25.4 Å². The van der Waals surface area contributed by atoms with E-state index in [0.29, 0.717) is 5.92 Å². The van der Waals surface area contributed by atoms with Crippen molar-refractivity contribution in [3.05, 3.63) is 0 Å². The SMILES string of the molecule is C1CNCC(CO/N=C2\CC3CCC2C3)C1. The highest BCUT2D eigenvalue weighted by atomic mass is 16.6. The van der Waals surface area contributed by atoms with Gasteiger partial charge in [-0.3, -0.25) is 0 Å². The van der Waals surface area contributed by atoms with Gasteiger partial charge in [-0.15, -0.1) is 0 Å². The summed E-state index contributed by atoms with van der Waals surface area (Å²) in [7, 11) is 0. The zero-order valence-electron chi connectivity index (χ0n) is 9.95. The van der Waals surface area contributed by atoms with E-state index in [-0.39, 0.29) is 0 Å². The highest BCUT2D eigenvalue weighted by Crippen LogP contribution is 2.42. The van der Waals surface area contributed by atoms with Crippen LogP contribution in [0.4, 0.5) is 0 Å². The van der Waals surface area contributed by atoms with Gasteiger partial charge in [-0.2, -0.15) is 0 Å². The van der Waals surface area contributed by atoms with Crippen LogP contribution >= 0.6 is 0 Å². The number of nitrogens with zero attached hydrogens (tertiary/aromatic N) is 1. The van der Waals surface area contributed by atoms with Gasteiger partial charge in [0.05, 0.1) is 5.71 Å². The van der Waals surface area contributed by atoms with Crippen molar-refractivity contribution in [1.29, 1.82) is 0 Å². The van der Waals surface area contributed by atoms with Gasteiger partial charge in [-0.1, -0.05) is 5.16 Å². The number of fused-ring (bicyclic) bond motifs is 2. The quantitative estimate of drug-likeness (QED) is 0.743. The van der Waals surface area contributed by atoms with E-state index in [2.05, 4.69) is 10.5 Å². The molecule has 0 aromatic heterocycles. The van der Waals surface area contributed by atoms with Gasteiger partial charge in [-0.05, 0) is 51.0 Å². The highest BCUT2D eigenvalue weighted by molar-refractivity contribution is 5.89. The molecule has 1 saturated heterocycles. The maximum Gasteiger partial charge on any atom is 0.121 e. The second-order valence-corrected chi connectivity index (χ2v) is 5.67. The molecule has 1 heterocycles. The molecule has 3 fully saturated rings. The Kier molecular flexibility index (Phi) is 3.13. The fourth-order valence-electron chi connectivity index (χ4n) is 3.43. The molecule has 1 N–H and O–H groups in total. The van der Waals surface area contributed by atoms with E-state index in [4.69, 9.17) is 4.84 Å². The number of hydrogen-bond donors (Lipinski definition) is 1. The molecule has 0 amide bonds. The van der Waals surface area contributed by atoms with Crippen molar-refractivity contribution in [2.24, 2.45) is 22.9 Å². The van der Waals surface area contributed by atoms with Gasteiger partial charge < -0.3 is 10.2 Å². The van der Waals surface area contributed by atoms with Crippen molar-refractivity contribution < 1.29 is 4.84 Å². The monoisotopic (exact) mass is 222 g/mol. The van der Waals surface area contributed by atoms with Gasteiger partial charge in [0, 0.05) is 18.4 Å². The minimum Gasteiger partial charge on any atom is -0.396 e. The molecule has 0 radical (unpaired) electrons. The van der Waals surface area contributed by atoms with Crippen LogP contribution in [0.15, 0.2) is 5.16 Å². The van der Waals surface area contributed by atoms with E-state index in [1.807, 2.05) is 0 Å². The van der Waals surface area contributed by atoms with Crippen LogP contribution in [0.3, 0.4) is 0 Å². The van der Waals surface area contributed by atoms with Gasteiger partial charge in [0.25, 0.3) is 0 Å². The third kappa shape index (κ3) is 2.24. The number of piperidine rings is 1. The summed E-state index contributed by atoms with van der Waals surface area (Å²) in [6, 6.07) is 0. The number of oxime groups is 1. The molecular formula is C13H22N2O. The van der Waals surface area contributed by atoms with E-state index < -0.39 is 0 Å². The molecular weight excluding hydrogens is 200 g/mol. The number of nitrogens with one attached hydrogen (secondary N) is 1. The van der Waals surface area contributed by atoms with E-state index >= 15 is 0 Å². The van der Waals surface area contributed by atoms with Crippen molar-refractivity contribution in [3.63, 3.8) is 0 Å². The summed E-state index contributed by atoms with van der Waals surface area (Å²) in [5.74, 6) is 2.38. The van der Waals surface area contributed by atoms with Crippen molar-refractivity contribution in [2.45, 2.75) is 38.5 Å². The first-order valence-corrected chi connectivity index (χ1v) is 6.81. The first-order chi connectivity index (χ1) is 7.92. The van der Waals surface area contributed by atoms with Crippen molar-refractivity contribution in [2.75, 3.05) is 19.7 Å². The third-order valence-corrected chi connectivity index (χ3v) is 4.40. The molecule has 3 aliphatic rings. The third-order valence-electron chi connectivity index (χ3n) is 4.40. The molecule has 0 aromatic rings. The lowest BCUT2D eigenvalue weighted by Crippen LogP contribution is -2.32. The normalized spacial score (nSPS) is 40.5. The van der Waals surface area contributed by atoms with Gasteiger partial charge in [0.2, 0.25) is 0 Å². The van der Waals surface area contributed by atoms with Crippen LogP contribution in [0, 0.1) is 17.8 Å². The maximum atomic E-state index is 5.56. The fraction of sp³-hybridized carbons (Fsp3) is 0.923. The van der Waals surface area contributed by atoms with Gasteiger partial charge >= 0.3 is 0 Å². The Labute approximate surface area is 97.6 Å². The zero-order valence-corrected chi connectivity index (χ0v) is 9.95. The van der Waals surface area contributed by atoms with Crippen molar-refractivity contribution in [1.82, 2.24) is 5.32 Å². The van der Waals surface area contributed by atoms with Crippen LogP contribution in [0.2, 0.25) is 0 Å². The lowest BCUT2D eigenvalue weighted by molar-refractivity contribution is 0.0950. The summed E-state index contributed by atoms with van der Waals surface area (Å²) in [5, 5.41) is 7.80. The lowest BCUT2D eigenvalue weighted by Gasteiger charge is -2.21. The van der Waals surface area contributed by atoms with E-state index in [1.54, 1.807) is 0 Å². The smallest absolute Gasteiger partial charge is 0.121 e. The standard InChI is InChI=1S/C13H22N2O/c1-2-11(8-14-5-1)9-16-15-13-7-10-3-4-12(13)6-10/h10-12,14H,1-9H2/b15-13+. The molecule has 2 saturated carbocycles. The average molecular weight is 222 g/mol. The Morgan fingerprint density at radius 2 is 2.31 bits per heavy atom. The van der Waals surface area contributed by atoms with E-state index in [1.165, 1.54) is 50.8 Å². The van der Waals surface area contributed by atoms with E-state index in [9.17, 15) is 0 Å². The molecule has 3 heteroatoms. The Hall–Kier alpha value is -0.570. The van der Waals surface area contributed by atoms with Crippen LogP contribution in [0.5, 0.6) is 0 Å². The van der Waals surface area contributed by atoms with Gasteiger partial charge in [0.15, 0.2) is 0 Å². The second-order valence-electron chi connectivity index (χ2n) is 5.67. The zero-order chi connectivity index (χ0) is 10.8. The van der Waals surface area contributed by atoms with Crippen LogP contribution in [0.1, 0.15) is 38.5 Å². The summed E-state index contributed by atoms with van der Waals surface area (Å²) < 4.78 is 0. The topological polar surface area (TPSA) is 33.6 Å². The molecule has 0 spiro atoms. The minimum absolute atomic E-state index is 0.677. The minimum atomic E-state index is 0.677. The number of hydrogen-bond acceptors (Lipinski definition) is 3. The fourth-order valence-corrected chi connectivity index (χ4v) is 3.43. The Morgan fingerprint density at radius 3 is 3.00 bits per heavy atom. The Morgan fingerprint density at radius 1 is 1.31 bits per heavy atom. The predicted octanol–water partition coefficient (Wildman–Crippen LogP) is 2.18. The summed E-state index contributed by atoms with van der Waals surface area (Å²) in [4.78, 5) is 5.56. The molecule has 16 heavy (non-hydrogen) atoms. The largest absolute Gasteiger partial charge is 0.396 e. The van der Waals surface area contributed by atoms with Gasteiger partial charge in [0.1, 0.15) is 6.61 Å². The highest BCUT2D eigenvalue weighted by Gasteiger charge is 2.37. The Balaban J connectivity index is 1.44. The molecule has 90 valence electrons. The summed E-state index contributed by atoms with van der Waals surface area (Å²) in [6.45, 7) is 3.10. The predicted molar refractivity (Wildman–Crippen MR) is 64.4 cm³/mol. The first kappa shape index (κ1) is 10.6. The Bertz CT molecular complexity index is 271. The van der Waals surface area contributed by atoms with Crippen LogP contribution in [-0.2, 0) is 4.84 Å². The molecule has 3 nitrogen and oxygen atoms in total. The summed E-state index contributed by atoms with van der Waals surface area (Å²) >= 11 is 0. The van der Waals surface area contributed by atoms with E-state index in [0.717, 1.165) is 25.0 Å².